The summed E-state index contributed by atoms with van der Waals surface area (Å²) in [6.45, 7) is 2.37. The van der Waals surface area contributed by atoms with Gasteiger partial charge in [-0.05, 0) is 31.7 Å². The quantitative estimate of drug-likeness (QED) is 0.684. The van der Waals surface area contributed by atoms with Crippen molar-refractivity contribution in [2.75, 3.05) is 19.8 Å². The predicted molar refractivity (Wildman–Crippen MR) is 80.9 cm³/mol. The topological polar surface area (TPSA) is 70.6 Å². The van der Waals surface area contributed by atoms with Crippen LogP contribution in [0.15, 0.2) is 18.2 Å². The molecule has 7 heteroatoms. The van der Waals surface area contributed by atoms with Crippen LogP contribution in [0.1, 0.15) is 31.4 Å². The molecule has 2 atom stereocenters. The first kappa shape index (κ1) is 17.6. The van der Waals surface area contributed by atoms with Crippen LogP contribution in [0.4, 0.5) is 13.6 Å². The van der Waals surface area contributed by atoms with Crippen LogP contribution in [0.2, 0.25) is 0 Å². The molecule has 2 rings (SSSR count). The molecule has 1 aliphatic carbocycles. The molecule has 1 saturated carbocycles. The third kappa shape index (κ3) is 5.76. The molecule has 3 N–H and O–H groups in total. The minimum absolute atomic E-state index is 0.0227. The summed E-state index contributed by atoms with van der Waals surface area (Å²) < 4.78 is 32.1. The van der Waals surface area contributed by atoms with E-state index < -0.39 is 29.8 Å². The van der Waals surface area contributed by atoms with E-state index >= 15 is 0 Å². The largest absolute Gasteiger partial charge is 0.389 e. The van der Waals surface area contributed by atoms with E-state index in [9.17, 15) is 18.7 Å². The van der Waals surface area contributed by atoms with E-state index in [1.165, 1.54) is 25.0 Å². The highest BCUT2D eigenvalue weighted by molar-refractivity contribution is 5.74. The second-order valence-corrected chi connectivity index (χ2v) is 5.85. The summed E-state index contributed by atoms with van der Waals surface area (Å²) in [5.41, 5.74) is 0.0634. The zero-order chi connectivity index (χ0) is 16.8. The van der Waals surface area contributed by atoms with Crippen LogP contribution in [0, 0.1) is 17.6 Å². The van der Waals surface area contributed by atoms with Gasteiger partial charge in [0.15, 0.2) is 11.6 Å². The van der Waals surface area contributed by atoms with Gasteiger partial charge < -0.3 is 20.5 Å². The second-order valence-electron chi connectivity index (χ2n) is 5.85. The molecule has 1 aliphatic rings. The third-order valence-electron chi connectivity index (χ3n) is 3.65. The Morgan fingerprint density at radius 3 is 2.87 bits per heavy atom. The smallest absolute Gasteiger partial charge is 0.315 e. The van der Waals surface area contributed by atoms with Gasteiger partial charge >= 0.3 is 6.03 Å². The molecule has 128 valence electrons. The highest BCUT2D eigenvalue weighted by Crippen LogP contribution is 2.28. The minimum Gasteiger partial charge on any atom is -0.389 e. The number of hydrogen-bond acceptors (Lipinski definition) is 3. The molecule has 0 radical (unpaired) electrons. The first-order valence-corrected chi connectivity index (χ1v) is 7.71. The van der Waals surface area contributed by atoms with E-state index in [1.807, 2.05) is 0 Å². The van der Waals surface area contributed by atoms with Crippen LogP contribution in [0.3, 0.4) is 0 Å². The highest BCUT2D eigenvalue weighted by Gasteiger charge is 2.21. The second kappa shape index (κ2) is 8.21. The van der Waals surface area contributed by atoms with E-state index in [1.54, 1.807) is 6.92 Å². The third-order valence-corrected chi connectivity index (χ3v) is 3.65. The van der Waals surface area contributed by atoms with Gasteiger partial charge in [-0.3, -0.25) is 0 Å². The molecule has 0 spiro atoms. The van der Waals surface area contributed by atoms with Crippen LogP contribution >= 0.6 is 0 Å². The molecular weight excluding hydrogens is 306 g/mol. The van der Waals surface area contributed by atoms with Crippen molar-refractivity contribution in [1.82, 2.24) is 10.6 Å². The Morgan fingerprint density at radius 1 is 1.43 bits per heavy atom. The number of nitrogens with one attached hydrogen (secondary N) is 2. The lowest BCUT2D eigenvalue weighted by Gasteiger charge is -2.17. The number of urea groups is 1. The highest BCUT2D eigenvalue weighted by atomic mass is 19.2. The van der Waals surface area contributed by atoms with Crippen molar-refractivity contribution in [2.24, 2.45) is 5.92 Å². The molecule has 2 amide bonds. The molecule has 0 aromatic heterocycles. The van der Waals surface area contributed by atoms with Gasteiger partial charge in [0.2, 0.25) is 0 Å². The normalized spacial score (nSPS) is 16.7. The summed E-state index contributed by atoms with van der Waals surface area (Å²) in [6.07, 6.45) is 1.54. The molecule has 0 heterocycles. The van der Waals surface area contributed by atoms with Gasteiger partial charge in [-0.2, -0.15) is 0 Å². The zero-order valence-electron chi connectivity index (χ0n) is 13.0. The van der Waals surface area contributed by atoms with E-state index in [-0.39, 0.29) is 18.7 Å². The maximum atomic E-state index is 13.6. The Hall–Kier alpha value is -1.73. The molecule has 1 fully saturated rings. The van der Waals surface area contributed by atoms with Gasteiger partial charge in [-0.25, -0.2) is 13.6 Å². The molecule has 0 bridgehead atoms. The maximum absolute atomic E-state index is 13.6. The summed E-state index contributed by atoms with van der Waals surface area (Å²) in [7, 11) is 0. The minimum atomic E-state index is -0.978. The van der Waals surface area contributed by atoms with E-state index in [0.717, 1.165) is 6.07 Å². The molecule has 0 saturated heterocycles. The van der Waals surface area contributed by atoms with Crippen molar-refractivity contribution in [3.05, 3.63) is 35.4 Å². The van der Waals surface area contributed by atoms with Crippen molar-refractivity contribution in [3.63, 3.8) is 0 Å². The number of rotatable bonds is 8. The molecule has 1 aromatic carbocycles. The lowest BCUT2D eigenvalue weighted by atomic mass is 10.1. The molecule has 2 unspecified atom stereocenters. The van der Waals surface area contributed by atoms with Gasteiger partial charge in [-0.1, -0.05) is 12.1 Å². The summed E-state index contributed by atoms with van der Waals surface area (Å²) in [6, 6.07) is 2.54. The standard InChI is InChI=1S/C16H22F2N2O3/c1-10(13-3-2-4-14(17)15(13)18)20-16(22)19-7-12(21)9-23-8-11-5-6-11/h2-4,10-12,21H,5-9H2,1H3,(H2,19,20,22). The van der Waals surface area contributed by atoms with Crippen LogP contribution in [0.5, 0.6) is 0 Å². The Balaban J connectivity index is 1.69. The Kier molecular flexibility index (Phi) is 6.29. The van der Waals surface area contributed by atoms with Crippen LogP contribution in [0.25, 0.3) is 0 Å². The number of carbonyl (C=O) groups excluding carboxylic acids is 1. The molecule has 1 aromatic rings. The SMILES string of the molecule is CC(NC(=O)NCC(O)COCC1CC1)c1cccc(F)c1F. The Morgan fingerprint density at radius 2 is 2.17 bits per heavy atom. The number of benzene rings is 1. The van der Waals surface area contributed by atoms with Crippen molar-refractivity contribution >= 4 is 6.03 Å². The number of ether oxygens (including phenoxy) is 1. The molecule has 5 nitrogen and oxygen atoms in total. The van der Waals surface area contributed by atoms with Gasteiger partial charge in [-0.15, -0.1) is 0 Å². The van der Waals surface area contributed by atoms with Crippen LogP contribution in [-0.4, -0.2) is 37.0 Å². The summed E-state index contributed by atoms with van der Waals surface area (Å²) >= 11 is 0. The average molecular weight is 328 g/mol. The Labute approximate surface area is 134 Å². The van der Waals surface area contributed by atoms with Crippen LogP contribution in [-0.2, 0) is 4.74 Å². The average Bonchev–Trinajstić information content (AvgIpc) is 3.32. The number of amides is 2. The first-order valence-electron chi connectivity index (χ1n) is 7.71. The number of halogens is 2. The Bertz CT molecular complexity index is 538. The zero-order valence-corrected chi connectivity index (χ0v) is 13.0. The van der Waals surface area contributed by atoms with Crippen molar-refractivity contribution in [2.45, 2.75) is 31.9 Å². The molecule has 0 aliphatic heterocycles. The van der Waals surface area contributed by atoms with Crippen molar-refractivity contribution in [1.29, 1.82) is 0 Å². The number of aliphatic hydroxyl groups is 1. The first-order chi connectivity index (χ1) is 11.0. The lowest BCUT2D eigenvalue weighted by Crippen LogP contribution is -2.42. The van der Waals surface area contributed by atoms with Crippen molar-refractivity contribution < 1.29 is 23.4 Å². The summed E-state index contributed by atoms with van der Waals surface area (Å²) in [4.78, 5) is 11.7. The fraction of sp³-hybridized carbons (Fsp3) is 0.562. The maximum Gasteiger partial charge on any atom is 0.315 e. The summed E-state index contributed by atoms with van der Waals surface area (Å²) in [5, 5.41) is 14.7. The number of hydrogen-bond donors (Lipinski definition) is 3. The monoisotopic (exact) mass is 328 g/mol. The van der Waals surface area contributed by atoms with Gasteiger partial charge in [0, 0.05) is 18.7 Å². The van der Waals surface area contributed by atoms with Crippen molar-refractivity contribution in [3.8, 4) is 0 Å². The molecule has 23 heavy (non-hydrogen) atoms. The van der Waals surface area contributed by atoms with Gasteiger partial charge in [0.1, 0.15) is 0 Å². The van der Waals surface area contributed by atoms with Gasteiger partial charge in [0.05, 0.1) is 18.8 Å². The predicted octanol–water partition coefficient (Wildman–Crippen LogP) is 2.11. The fourth-order valence-corrected chi connectivity index (χ4v) is 2.11. The fourth-order valence-electron chi connectivity index (χ4n) is 2.11. The van der Waals surface area contributed by atoms with E-state index in [2.05, 4.69) is 10.6 Å². The van der Waals surface area contributed by atoms with E-state index in [0.29, 0.717) is 12.5 Å². The number of carbonyl (C=O) groups is 1. The lowest BCUT2D eigenvalue weighted by molar-refractivity contribution is 0.0337. The molecular formula is C16H22F2N2O3. The number of aliphatic hydroxyl groups excluding tert-OH is 1. The van der Waals surface area contributed by atoms with E-state index in [4.69, 9.17) is 4.74 Å². The summed E-state index contributed by atoms with van der Waals surface area (Å²) in [5.74, 6) is -1.32. The van der Waals surface area contributed by atoms with Crippen LogP contribution < -0.4 is 10.6 Å². The van der Waals surface area contributed by atoms with Gasteiger partial charge in [0.25, 0.3) is 0 Å².